The number of aromatic nitrogens is 5. The fourth-order valence-corrected chi connectivity index (χ4v) is 14.5. The number of para-hydroxylation sites is 1. The lowest BCUT2D eigenvalue weighted by Gasteiger charge is -2.63. The number of likely N-dealkylation sites (N-methyl/N-ethyl adjacent to an activating group) is 1. The Balaban J connectivity index is 0.000000488. The highest BCUT2D eigenvalue weighted by molar-refractivity contribution is 7.71. The van der Waals surface area contributed by atoms with Crippen LogP contribution < -0.4 is 9.64 Å². The zero-order chi connectivity index (χ0) is 48.8. The molecular formula is C51H62N8O9S. The van der Waals surface area contributed by atoms with E-state index in [9.17, 15) is 19.8 Å². The van der Waals surface area contributed by atoms with Crippen molar-refractivity contribution in [1.82, 2.24) is 34.7 Å². The summed E-state index contributed by atoms with van der Waals surface area (Å²) in [4.78, 5) is 66.7. The summed E-state index contributed by atoms with van der Waals surface area (Å²) in [6, 6.07) is 11.0. The molecule has 2 aromatic carbocycles. The number of nitrogens with zero attached hydrogens (tertiary/aromatic N) is 5. The minimum Gasteiger partial charge on any atom is -0.496 e. The van der Waals surface area contributed by atoms with E-state index in [4.69, 9.17) is 31.2 Å². The van der Waals surface area contributed by atoms with Crippen LogP contribution in [0.3, 0.4) is 0 Å². The van der Waals surface area contributed by atoms with Crippen LogP contribution >= 0.6 is 12.2 Å². The SMILES string of the molecule is CC[C@]1(O)C[C@@H]2C[N@@](CCc3c([nH]c4ccccc34)[C@@](C(=O)OC)(c3cc4c(cc3OC)N(C)[C@H]3[C@@](O)(C(=O)OC)[C@H](OC(C)=O)[C@]5(CC)C=CCN6CC[C@]43[C@@H]65)C2)C1.S=c1nc[nH]c2nc[nH]c12. The maximum absolute atomic E-state index is 15.3. The first-order chi connectivity index (χ1) is 33.1. The minimum atomic E-state index is -2.30. The molecule has 6 aliphatic rings. The predicted molar refractivity (Wildman–Crippen MR) is 260 cm³/mol. The number of carbonyl (C=O) groups is 3. The number of hydrogen-bond donors (Lipinski definition) is 5. The van der Waals surface area contributed by atoms with E-state index in [0.29, 0.717) is 87.2 Å². The number of carbonyl (C=O) groups excluding carboxylic acids is 3. The Bertz CT molecular complexity index is 2950. The number of methoxy groups -OCH3 is 3. The molecule has 1 saturated carbocycles. The van der Waals surface area contributed by atoms with E-state index in [1.54, 1.807) is 13.4 Å². The molecule has 3 aromatic heterocycles. The van der Waals surface area contributed by atoms with E-state index >= 15 is 4.79 Å². The van der Waals surface area contributed by atoms with E-state index in [-0.39, 0.29) is 12.0 Å². The third kappa shape index (κ3) is 6.68. The van der Waals surface area contributed by atoms with Gasteiger partial charge in [-0.2, -0.15) is 0 Å². The van der Waals surface area contributed by atoms with Crippen molar-refractivity contribution in [3.8, 4) is 5.75 Å². The number of ether oxygens (including phenoxy) is 4. The molecule has 2 bridgehead atoms. The molecule has 0 radical (unpaired) electrons. The van der Waals surface area contributed by atoms with Gasteiger partial charge in [-0.05, 0) is 74.2 Å². The zero-order valence-corrected chi connectivity index (χ0v) is 41.1. The maximum Gasteiger partial charge on any atom is 0.344 e. The number of H-pyrrole nitrogens is 3. The summed E-state index contributed by atoms with van der Waals surface area (Å²) < 4.78 is 24.5. The van der Waals surface area contributed by atoms with Gasteiger partial charge in [-0.1, -0.05) is 56.4 Å². The molecule has 17 nitrogen and oxygen atoms in total. The van der Waals surface area contributed by atoms with Gasteiger partial charge in [-0.15, -0.1) is 0 Å². The highest BCUT2D eigenvalue weighted by Crippen LogP contribution is 2.68. The largest absolute Gasteiger partial charge is 0.496 e. The van der Waals surface area contributed by atoms with Crippen LogP contribution in [0.5, 0.6) is 5.75 Å². The molecule has 366 valence electrons. The molecule has 11 rings (SSSR count). The normalized spacial score (nSPS) is 33.1. The van der Waals surface area contributed by atoms with Crippen LogP contribution in [-0.4, -0.2) is 153 Å². The molecule has 5 aromatic rings. The first kappa shape index (κ1) is 47.0. The van der Waals surface area contributed by atoms with Crippen LogP contribution in [0, 0.1) is 16.0 Å². The van der Waals surface area contributed by atoms with E-state index in [0.717, 1.165) is 44.6 Å². The van der Waals surface area contributed by atoms with Crippen molar-refractivity contribution in [1.29, 1.82) is 0 Å². The number of aromatic amines is 3. The standard InChI is InChI=1S/C46H58N4O9.C5H4N4S/c1-8-42(54)23-28-24-45(40(52)57-6,36-30(15-19-49(25-28)26-42)29-13-10-11-14-33(29)47-36)32-21-31-34(22-35(32)56-5)48(4)38-44(31)17-20-50-18-12-16-43(9-2,37(44)50)39(59-27(3)51)46(38,55)41(53)58-7;10-5-3-4(7-1-6-3)8-2-9-5/h10-14,16,21-22,28,37-39,47,54-55H,8-9,15,17-20,23-26H2,1-7H3;1-2H,(H2,6,7,8,9,10)/t28-,37-,38+,39+,42-,43+,44+,45-,46-;/m0./s1. The number of fused-ring (bicyclic) bond motifs is 7. The van der Waals surface area contributed by atoms with Gasteiger partial charge in [0.25, 0.3) is 0 Å². The van der Waals surface area contributed by atoms with Crippen LogP contribution in [-0.2, 0) is 45.8 Å². The van der Waals surface area contributed by atoms with Gasteiger partial charge in [0.15, 0.2) is 16.4 Å². The van der Waals surface area contributed by atoms with Gasteiger partial charge in [-0.3, -0.25) is 19.4 Å². The average Bonchev–Trinajstić information content (AvgIpc) is 4.14. The number of esters is 3. The molecular weight excluding hydrogens is 901 g/mol. The number of imidazole rings is 1. The Morgan fingerprint density at radius 3 is 2.42 bits per heavy atom. The molecule has 18 heteroatoms. The van der Waals surface area contributed by atoms with Crippen LogP contribution in [0.15, 0.2) is 61.2 Å². The molecule has 3 fully saturated rings. The first-order valence-corrected chi connectivity index (χ1v) is 24.4. The van der Waals surface area contributed by atoms with Crippen LogP contribution in [0.1, 0.15) is 75.3 Å². The number of piperidine rings is 1. The lowest BCUT2D eigenvalue weighted by Crippen LogP contribution is -2.81. The monoisotopic (exact) mass is 962 g/mol. The van der Waals surface area contributed by atoms with Crippen molar-refractivity contribution in [3.05, 3.63) is 88.2 Å². The molecule has 1 aliphatic carbocycles. The van der Waals surface area contributed by atoms with Crippen LogP contribution in [0.4, 0.5) is 5.69 Å². The Kier molecular flexibility index (Phi) is 11.6. The smallest absolute Gasteiger partial charge is 0.344 e. The molecule has 5 N–H and O–H groups in total. The second kappa shape index (κ2) is 17.0. The molecule has 1 spiro atoms. The van der Waals surface area contributed by atoms with Gasteiger partial charge >= 0.3 is 17.9 Å². The van der Waals surface area contributed by atoms with Gasteiger partial charge in [-0.25, -0.2) is 14.8 Å². The Hall–Kier alpha value is -5.66. The van der Waals surface area contributed by atoms with Crippen LogP contribution in [0.2, 0.25) is 0 Å². The van der Waals surface area contributed by atoms with Gasteiger partial charge in [0, 0.05) is 90.9 Å². The fraction of sp³-hybridized carbons (Fsp3) is 0.529. The lowest BCUT2D eigenvalue weighted by molar-refractivity contribution is -0.228. The summed E-state index contributed by atoms with van der Waals surface area (Å²) in [5, 5.41) is 26.3. The zero-order valence-electron chi connectivity index (χ0n) is 40.3. The Morgan fingerprint density at radius 1 is 0.942 bits per heavy atom. The Labute approximate surface area is 405 Å². The number of rotatable bonds is 7. The summed E-state index contributed by atoms with van der Waals surface area (Å²) in [5.41, 5.74) is -0.0853. The quantitative estimate of drug-likeness (QED) is 0.0629. The summed E-state index contributed by atoms with van der Waals surface area (Å²) >= 11 is 4.91. The van der Waals surface area contributed by atoms with E-state index < -0.39 is 57.5 Å². The minimum absolute atomic E-state index is 0.0986. The Morgan fingerprint density at radius 2 is 1.71 bits per heavy atom. The fourth-order valence-electron chi connectivity index (χ4n) is 14.3. The number of hydrogen-bond acceptors (Lipinski definition) is 15. The maximum atomic E-state index is 15.3. The molecule has 69 heavy (non-hydrogen) atoms. The molecule has 5 aliphatic heterocycles. The first-order valence-electron chi connectivity index (χ1n) is 24.0. The summed E-state index contributed by atoms with van der Waals surface area (Å²) in [7, 11) is 6.15. The van der Waals surface area contributed by atoms with Crippen molar-refractivity contribution in [2.24, 2.45) is 11.3 Å². The summed E-state index contributed by atoms with van der Waals surface area (Å²) in [6.45, 7) is 8.62. The van der Waals surface area contributed by atoms with Gasteiger partial charge in [0.1, 0.15) is 16.7 Å². The highest BCUT2D eigenvalue weighted by Gasteiger charge is 2.80. The van der Waals surface area contributed by atoms with E-state index in [1.165, 1.54) is 27.5 Å². The average molecular weight is 963 g/mol. The second-order valence-electron chi connectivity index (χ2n) is 20.0. The highest BCUT2D eigenvalue weighted by atomic mass is 32.1. The van der Waals surface area contributed by atoms with Gasteiger partial charge in [0.2, 0.25) is 5.60 Å². The van der Waals surface area contributed by atoms with E-state index in [1.807, 2.05) is 50.1 Å². The molecule has 0 unspecified atom stereocenters. The molecule has 8 heterocycles. The molecule has 2 saturated heterocycles. The van der Waals surface area contributed by atoms with Crippen LogP contribution in [0.25, 0.3) is 22.1 Å². The number of anilines is 1. The lowest BCUT2D eigenvalue weighted by atomic mass is 9.47. The predicted octanol–water partition coefficient (Wildman–Crippen LogP) is 5.01. The van der Waals surface area contributed by atoms with Crippen molar-refractivity contribution in [2.45, 2.75) is 99.5 Å². The molecule has 0 amide bonds. The van der Waals surface area contributed by atoms with Crippen molar-refractivity contribution in [2.75, 3.05) is 66.0 Å². The van der Waals surface area contributed by atoms with E-state index in [2.05, 4.69) is 59.0 Å². The third-order valence-electron chi connectivity index (χ3n) is 16.8. The van der Waals surface area contributed by atoms with Crippen molar-refractivity contribution < 1.29 is 43.5 Å². The third-order valence-corrected chi connectivity index (χ3v) is 17.1. The number of aliphatic hydroxyl groups is 2. The molecule has 10 atom stereocenters. The number of benzene rings is 2. The number of nitrogens with one attached hydrogen (secondary N) is 3. The summed E-state index contributed by atoms with van der Waals surface area (Å²) in [5.74, 6) is -1.56. The van der Waals surface area contributed by atoms with Gasteiger partial charge < -0.3 is 49.0 Å². The summed E-state index contributed by atoms with van der Waals surface area (Å²) in [6.07, 6.45) is 9.06. The second-order valence-corrected chi connectivity index (χ2v) is 20.4. The van der Waals surface area contributed by atoms with Crippen molar-refractivity contribution in [3.63, 3.8) is 0 Å². The van der Waals surface area contributed by atoms with Gasteiger partial charge in [0.05, 0.1) is 45.6 Å². The van der Waals surface area contributed by atoms with Crippen molar-refractivity contribution >= 4 is 57.9 Å². The topological polar surface area (TPSA) is 211 Å².